The van der Waals surface area contributed by atoms with Gasteiger partial charge in [0.05, 0.1) is 0 Å². The van der Waals surface area contributed by atoms with E-state index in [9.17, 15) is 0 Å². The monoisotopic (exact) mass is 684 g/mol. The maximum Gasteiger partial charge on any atom is -0.00928 e. The first-order chi connectivity index (χ1) is 26.8. The van der Waals surface area contributed by atoms with Crippen LogP contribution in [0.25, 0.3) is 99.1 Å². The van der Waals surface area contributed by atoms with Crippen LogP contribution >= 0.6 is 0 Å². The summed E-state index contributed by atoms with van der Waals surface area (Å²) < 4.78 is 0. The summed E-state index contributed by atoms with van der Waals surface area (Å²) in [5, 5.41) is 7.49. The average molecular weight is 685 g/mol. The Balaban J connectivity index is 1.16. The van der Waals surface area contributed by atoms with Gasteiger partial charge in [0, 0.05) is 0 Å². The molecule has 0 aromatic heterocycles. The zero-order valence-electron chi connectivity index (χ0n) is 29.8. The first kappa shape index (κ1) is 31.7. The van der Waals surface area contributed by atoms with E-state index in [1.54, 1.807) is 0 Å². The van der Waals surface area contributed by atoms with Crippen molar-refractivity contribution in [1.29, 1.82) is 0 Å². The standard InChI is InChI=1S/C54H36/c1-5-15-37(16-6-1)47-28-26-44(34-50(47)38-17-7-2-8-18-38)43-25-29-48-46(31-43)36-52(40-21-11-4-12-22-40)54-35-45(27-30-49(48)54)53-33-42-24-14-13-23-41(42)32-51(53)39-19-9-3-10-20-39/h1-36H. The van der Waals surface area contributed by atoms with Crippen molar-refractivity contribution < 1.29 is 0 Å². The van der Waals surface area contributed by atoms with Crippen LogP contribution in [0.1, 0.15) is 0 Å². The lowest BCUT2D eigenvalue weighted by Crippen LogP contribution is -1.90. The van der Waals surface area contributed by atoms with E-state index in [4.69, 9.17) is 0 Å². The summed E-state index contributed by atoms with van der Waals surface area (Å²) >= 11 is 0. The fraction of sp³-hybridized carbons (Fsp3) is 0. The summed E-state index contributed by atoms with van der Waals surface area (Å²) in [5.74, 6) is 0. The highest BCUT2D eigenvalue weighted by molar-refractivity contribution is 6.16. The van der Waals surface area contributed by atoms with Gasteiger partial charge in [0.25, 0.3) is 0 Å². The van der Waals surface area contributed by atoms with E-state index in [0.717, 1.165) is 0 Å². The van der Waals surface area contributed by atoms with Crippen LogP contribution < -0.4 is 0 Å². The van der Waals surface area contributed by atoms with Crippen molar-refractivity contribution in [2.45, 2.75) is 0 Å². The van der Waals surface area contributed by atoms with Crippen molar-refractivity contribution in [2.24, 2.45) is 0 Å². The summed E-state index contributed by atoms with van der Waals surface area (Å²) in [5.41, 5.74) is 14.7. The summed E-state index contributed by atoms with van der Waals surface area (Å²) in [6.45, 7) is 0. The second-order valence-electron chi connectivity index (χ2n) is 14.1. The van der Waals surface area contributed by atoms with Gasteiger partial charge in [-0.25, -0.2) is 0 Å². The molecule has 10 rings (SSSR count). The highest BCUT2D eigenvalue weighted by atomic mass is 14.2. The Morgan fingerprint density at radius 2 is 0.574 bits per heavy atom. The molecular weight excluding hydrogens is 649 g/mol. The van der Waals surface area contributed by atoms with Gasteiger partial charge in [-0.1, -0.05) is 182 Å². The molecule has 252 valence electrons. The fourth-order valence-corrected chi connectivity index (χ4v) is 8.15. The highest BCUT2D eigenvalue weighted by Gasteiger charge is 2.16. The van der Waals surface area contributed by atoms with Gasteiger partial charge in [0.15, 0.2) is 0 Å². The van der Waals surface area contributed by atoms with Crippen molar-refractivity contribution in [1.82, 2.24) is 0 Å². The number of fused-ring (bicyclic) bond motifs is 4. The zero-order chi connectivity index (χ0) is 35.8. The molecule has 10 aromatic carbocycles. The molecule has 0 fully saturated rings. The summed E-state index contributed by atoms with van der Waals surface area (Å²) in [6, 6.07) is 79.8. The van der Waals surface area contributed by atoms with Crippen molar-refractivity contribution in [3.05, 3.63) is 218 Å². The lowest BCUT2D eigenvalue weighted by Gasteiger charge is -2.17. The van der Waals surface area contributed by atoms with Crippen LogP contribution in [-0.4, -0.2) is 0 Å². The molecule has 0 aliphatic heterocycles. The van der Waals surface area contributed by atoms with E-state index in [-0.39, 0.29) is 0 Å². The quantitative estimate of drug-likeness (QED) is 0.153. The molecule has 0 unspecified atom stereocenters. The Morgan fingerprint density at radius 1 is 0.167 bits per heavy atom. The molecule has 0 amide bonds. The van der Waals surface area contributed by atoms with Crippen LogP contribution in [0.15, 0.2) is 218 Å². The molecule has 0 N–H and O–H groups in total. The Labute approximate surface area is 316 Å². The third kappa shape index (κ3) is 5.75. The van der Waals surface area contributed by atoms with Gasteiger partial charge in [-0.3, -0.25) is 0 Å². The van der Waals surface area contributed by atoms with Gasteiger partial charge in [0.1, 0.15) is 0 Å². The molecule has 0 nitrogen and oxygen atoms in total. The Hall–Kier alpha value is -7.02. The molecule has 0 aliphatic carbocycles. The Morgan fingerprint density at radius 3 is 1.17 bits per heavy atom. The van der Waals surface area contributed by atoms with E-state index in [1.165, 1.54) is 99.1 Å². The lowest BCUT2D eigenvalue weighted by atomic mass is 9.87. The topological polar surface area (TPSA) is 0 Å². The van der Waals surface area contributed by atoms with Crippen LogP contribution in [0.5, 0.6) is 0 Å². The molecule has 0 saturated carbocycles. The SMILES string of the molecule is c1ccc(-c2ccc(-c3ccc4c(c3)cc(-c3ccccc3)c3cc(-c5cc6ccccc6cc5-c5ccccc5)ccc34)cc2-c2ccccc2)cc1. The molecule has 0 heterocycles. The predicted octanol–water partition coefficient (Wildman–Crippen LogP) is 15.1. The van der Waals surface area contributed by atoms with Crippen molar-refractivity contribution >= 4 is 32.3 Å². The maximum atomic E-state index is 2.41. The van der Waals surface area contributed by atoms with Crippen LogP contribution in [-0.2, 0) is 0 Å². The summed E-state index contributed by atoms with van der Waals surface area (Å²) in [6.07, 6.45) is 0. The molecule has 0 aliphatic rings. The van der Waals surface area contributed by atoms with Gasteiger partial charge in [0.2, 0.25) is 0 Å². The van der Waals surface area contributed by atoms with Crippen molar-refractivity contribution in [3.8, 4) is 66.8 Å². The molecule has 0 heteroatoms. The van der Waals surface area contributed by atoms with Crippen molar-refractivity contribution in [2.75, 3.05) is 0 Å². The largest absolute Gasteiger partial charge is 0.0622 e. The number of benzene rings is 10. The Kier molecular flexibility index (Phi) is 7.93. The molecule has 0 spiro atoms. The minimum absolute atomic E-state index is 1.21. The summed E-state index contributed by atoms with van der Waals surface area (Å²) in [7, 11) is 0. The smallest absolute Gasteiger partial charge is 0.00928 e. The van der Waals surface area contributed by atoms with Gasteiger partial charge < -0.3 is 0 Å². The minimum atomic E-state index is 1.21. The third-order valence-electron chi connectivity index (χ3n) is 10.8. The highest BCUT2D eigenvalue weighted by Crippen LogP contribution is 2.42. The van der Waals surface area contributed by atoms with Crippen molar-refractivity contribution in [3.63, 3.8) is 0 Å². The summed E-state index contributed by atoms with van der Waals surface area (Å²) in [4.78, 5) is 0. The van der Waals surface area contributed by atoms with Gasteiger partial charge in [-0.15, -0.1) is 0 Å². The molecule has 54 heavy (non-hydrogen) atoms. The third-order valence-corrected chi connectivity index (χ3v) is 10.8. The molecule has 0 atom stereocenters. The molecule has 0 saturated heterocycles. The number of hydrogen-bond acceptors (Lipinski definition) is 0. The first-order valence-electron chi connectivity index (χ1n) is 18.7. The van der Waals surface area contributed by atoms with E-state index >= 15 is 0 Å². The minimum Gasteiger partial charge on any atom is -0.0622 e. The number of hydrogen-bond donors (Lipinski definition) is 0. The molecular formula is C54H36. The van der Waals surface area contributed by atoms with Gasteiger partial charge in [-0.2, -0.15) is 0 Å². The van der Waals surface area contributed by atoms with E-state index in [0.29, 0.717) is 0 Å². The Bertz CT molecular complexity index is 2940. The van der Waals surface area contributed by atoms with Crippen LogP contribution in [0.3, 0.4) is 0 Å². The molecule has 10 aromatic rings. The van der Waals surface area contributed by atoms with E-state index in [1.807, 2.05) is 0 Å². The lowest BCUT2D eigenvalue weighted by molar-refractivity contribution is 1.57. The fourth-order valence-electron chi connectivity index (χ4n) is 8.15. The molecule has 0 bridgehead atoms. The van der Waals surface area contributed by atoms with E-state index in [2.05, 4.69) is 218 Å². The number of rotatable bonds is 6. The van der Waals surface area contributed by atoms with Crippen LogP contribution in [0.4, 0.5) is 0 Å². The van der Waals surface area contributed by atoms with Crippen LogP contribution in [0, 0.1) is 0 Å². The van der Waals surface area contributed by atoms with Crippen LogP contribution in [0.2, 0.25) is 0 Å². The molecule has 0 radical (unpaired) electrons. The first-order valence-corrected chi connectivity index (χ1v) is 18.7. The second-order valence-corrected chi connectivity index (χ2v) is 14.1. The average Bonchev–Trinajstić information content (AvgIpc) is 3.26. The normalized spacial score (nSPS) is 11.3. The van der Waals surface area contributed by atoms with Gasteiger partial charge in [-0.05, 0) is 135 Å². The predicted molar refractivity (Wildman–Crippen MR) is 232 cm³/mol. The van der Waals surface area contributed by atoms with Gasteiger partial charge >= 0.3 is 0 Å². The zero-order valence-corrected chi connectivity index (χ0v) is 29.8. The van der Waals surface area contributed by atoms with E-state index < -0.39 is 0 Å². The second kappa shape index (κ2) is 13.5. The maximum absolute atomic E-state index is 2.41.